The van der Waals surface area contributed by atoms with Crippen LogP contribution in [0.1, 0.15) is 36.8 Å². The summed E-state index contributed by atoms with van der Waals surface area (Å²) < 4.78 is 6.60. The molecule has 0 saturated carbocycles. The number of amides is 3. The standard InChI is InChI=1S/C26H20N4O5/c1-15-13-21(29(2)28-15)27-22(31)14-35-26(34)17-9-11-18(12-10-17)30-24(32)19-7-3-5-16-6-4-8-20(23(16)19)25(30)33/h3-13H,14H2,1-2H3,(H,27,31). The Morgan fingerprint density at radius 3 is 2.14 bits per heavy atom. The highest BCUT2D eigenvalue weighted by atomic mass is 16.5. The summed E-state index contributed by atoms with van der Waals surface area (Å²) >= 11 is 0. The zero-order valence-electron chi connectivity index (χ0n) is 18.9. The first kappa shape index (κ1) is 22.0. The lowest BCUT2D eigenvalue weighted by atomic mass is 9.94. The Bertz CT molecular complexity index is 1470. The summed E-state index contributed by atoms with van der Waals surface area (Å²) in [6.07, 6.45) is 0. The average Bonchev–Trinajstić information content (AvgIpc) is 3.17. The fourth-order valence-corrected chi connectivity index (χ4v) is 4.13. The van der Waals surface area contributed by atoms with E-state index >= 15 is 0 Å². The van der Waals surface area contributed by atoms with Crippen LogP contribution in [0.25, 0.3) is 10.8 Å². The number of nitrogens with zero attached hydrogens (tertiary/aromatic N) is 3. The number of nitrogens with one attached hydrogen (secondary N) is 1. The third kappa shape index (κ3) is 3.93. The Labute approximate surface area is 199 Å². The number of carbonyl (C=O) groups excluding carboxylic acids is 4. The molecule has 174 valence electrons. The minimum atomic E-state index is -0.709. The van der Waals surface area contributed by atoms with Crippen molar-refractivity contribution in [3.63, 3.8) is 0 Å². The SMILES string of the molecule is Cc1cc(NC(=O)COC(=O)c2ccc(N3C(=O)c4cccc5cccc(c45)C3=O)cc2)n(C)n1. The second kappa shape index (κ2) is 8.53. The molecule has 1 N–H and O–H groups in total. The molecule has 0 bridgehead atoms. The predicted octanol–water partition coefficient (Wildman–Crippen LogP) is 3.48. The Morgan fingerprint density at radius 1 is 0.943 bits per heavy atom. The molecule has 0 unspecified atom stereocenters. The van der Waals surface area contributed by atoms with Gasteiger partial charge in [-0.05, 0) is 48.7 Å². The lowest BCUT2D eigenvalue weighted by Crippen LogP contribution is -2.40. The predicted molar refractivity (Wildman–Crippen MR) is 128 cm³/mol. The van der Waals surface area contributed by atoms with E-state index in [1.54, 1.807) is 44.3 Å². The molecule has 0 aliphatic carbocycles. The van der Waals surface area contributed by atoms with Gasteiger partial charge in [0.2, 0.25) is 0 Å². The van der Waals surface area contributed by atoms with Gasteiger partial charge in [-0.2, -0.15) is 5.10 Å². The maximum Gasteiger partial charge on any atom is 0.338 e. The van der Waals surface area contributed by atoms with Crippen LogP contribution in [-0.2, 0) is 16.6 Å². The Morgan fingerprint density at radius 2 is 1.57 bits per heavy atom. The van der Waals surface area contributed by atoms with Crippen molar-refractivity contribution < 1.29 is 23.9 Å². The van der Waals surface area contributed by atoms with Crippen molar-refractivity contribution in [3.05, 3.63) is 89.1 Å². The van der Waals surface area contributed by atoms with Gasteiger partial charge in [-0.15, -0.1) is 0 Å². The van der Waals surface area contributed by atoms with E-state index in [-0.39, 0.29) is 5.56 Å². The van der Waals surface area contributed by atoms with Gasteiger partial charge in [-0.1, -0.05) is 24.3 Å². The minimum absolute atomic E-state index is 0.178. The number of aromatic nitrogens is 2. The highest BCUT2D eigenvalue weighted by Gasteiger charge is 2.33. The van der Waals surface area contributed by atoms with Gasteiger partial charge in [0.1, 0.15) is 5.82 Å². The summed E-state index contributed by atoms with van der Waals surface area (Å²) in [6.45, 7) is 1.32. The van der Waals surface area contributed by atoms with Crippen LogP contribution in [0.3, 0.4) is 0 Å². The van der Waals surface area contributed by atoms with E-state index in [9.17, 15) is 19.2 Å². The lowest BCUT2D eigenvalue weighted by molar-refractivity contribution is -0.119. The lowest BCUT2D eigenvalue weighted by Gasteiger charge is -2.27. The third-order valence-corrected chi connectivity index (χ3v) is 5.74. The van der Waals surface area contributed by atoms with E-state index in [1.807, 2.05) is 12.1 Å². The molecule has 9 nitrogen and oxygen atoms in total. The smallest absolute Gasteiger partial charge is 0.338 e. The number of imide groups is 1. The first-order valence-electron chi connectivity index (χ1n) is 10.8. The molecule has 0 radical (unpaired) electrons. The van der Waals surface area contributed by atoms with Crippen LogP contribution in [0.5, 0.6) is 0 Å². The summed E-state index contributed by atoms with van der Waals surface area (Å²) in [5.74, 6) is -1.59. The van der Waals surface area contributed by atoms with Crippen LogP contribution in [0.15, 0.2) is 66.7 Å². The number of esters is 1. The van der Waals surface area contributed by atoms with Crippen molar-refractivity contribution in [2.75, 3.05) is 16.8 Å². The molecule has 35 heavy (non-hydrogen) atoms. The van der Waals surface area contributed by atoms with E-state index in [0.717, 1.165) is 16.0 Å². The molecule has 2 heterocycles. The topological polar surface area (TPSA) is 111 Å². The molecular weight excluding hydrogens is 448 g/mol. The monoisotopic (exact) mass is 468 g/mol. The van der Waals surface area contributed by atoms with E-state index in [2.05, 4.69) is 10.4 Å². The normalized spacial score (nSPS) is 12.7. The molecule has 0 spiro atoms. The maximum absolute atomic E-state index is 13.1. The van der Waals surface area contributed by atoms with Crippen molar-refractivity contribution in [2.24, 2.45) is 7.05 Å². The van der Waals surface area contributed by atoms with Gasteiger partial charge in [0.05, 0.1) is 16.9 Å². The molecule has 0 atom stereocenters. The first-order valence-corrected chi connectivity index (χ1v) is 10.8. The second-order valence-corrected chi connectivity index (χ2v) is 8.12. The summed E-state index contributed by atoms with van der Waals surface area (Å²) in [4.78, 5) is 51.9. The molecule has 4 aromatic rings. The number of hydrogen-bond donors (Lipinski definition) is 1. The van der Waals surface area contributed by atoms with Gasteiger partial charge in [0.15, 0.2) is 6.61 Å². The van der Waals surface area contributed by atoms with Crippen LogP contribution >= 0.6 is 0 Å². The summed E-state index contributed by atoms with van der Waals surface area (Å²) in [5.41, 5.74) is 2.13. The fourth-order valence-electron chi connectivity index (χ4n) is 4.13. The zero-order valence-corrected chi connectivity index (χ0v) is 18.9. The van der Waals surface area contributed by atoms with Crippen molar-refractivity contribution >= 4 is 46.0 Å². The number of benzene rings is 3. The molecule has 3 amide bonds. The largest absolute Gasteiger partial charge is 0.452 e. The number of rotatable bonds is 5. The van der Waals surface area contributed by atoms with Crippen LogP contribution in [0.4, 0.5) is 11.5 Å². The van der Waals surface area contributed by atoms with Crippen molar-refractivity contribution in [3.8, 4) is 0 Å². The van der Waals surface area contributed by atoms with Gasteiger partial charge in [-0.3, -0.25) is 19.1 Å². The van der Waals surface area contributed by atoms with E-state index in [0.29, 0.717) is 28.0 Å². The summed E-state index contributed by atoms with van der Waals surface area (Å²) in [7, 11) is 1.69. The second-order valence-electron chi connectivity index (χ2n) is 8.12. The molecule has 9 heteroatoms. The highest BCUT2D eigenvalue weighted by molar-refractivity contribution is 6.35. The van der Waals surface area contributed by atoms with E-state index < -0.39 is 30.3 Å². The maximum atomic E-state index is 13.1. The molecule has 0 fully saturated rings. The van der Waals surface area contributed by atoms with Crippen LogP contribution in [-0.4, -0.2) is 40.1 Å². The summed E-state index contributed by atoms with van der Waals surface area (Å²) in [5, 5.41) is 8.21. The molecule has 1 aliphatic heterocycles. The van der Waals surface area contributed by atoms with Crippen molar-refractivity contribution in [1.82, 2.24) is 9.78 Å². The number of hydrogen-bond acceptors (Lipinski definition) is 6. The molecule has 0 saturated heterocycles. The summed E-state index contributed by atoms with van der Waals surface area (Å²) in [6, 6.07) is 18.2. The Kier molecular flexibility index (Phi) is 5.37. The van der Waals surface area contributed by atoms with Crippen LogP contribution in [0, 0.1) is 6.92 Å². The van der Waals surface area contributed by atoms with Gasteiger partial charge < -0.3 is 10.1 Å². The van der Waals surface area contributed by atoms with Gasteiger partial charge in [0.25, 0.3) is 17.7 Å². The third-order valence-electron chi connectivity index (χ3n) is 5.74. The number of carbonyl (C=O) groups is 4. The average molecular weight is 468 g/mol. The Balaban J connectivity index is 1.29. The number of anilines is 2. The van der Waals surface area contributed by atoms with Gasteiger partial charge >= 0.3 is 5.97 Å². The van der Waals surface area contributed by atoms with Gasteiger partial charge in [-0.25, -0.2) is 9.69 Å². The molecule has 5 rings (SSSR count). The highest BCUT2D eigenvalue weighted by Crippen LogP contribution is 2.32. The van der Waals surface area contributed by atoms with E-state index in [1.165, 1.54) is 28.9 Å². The molecule has 3 aromatic carbocycles. The Hall–Kier alpha value is -4.79. The van der Waals surface area contributed by atoms with Crippen molar-refractivity contribution in [1.29, 1.82) is 0 Å². The minimum Gasteiger partial charge on any atom is -0.452 e. The molecule has 1 aromatic heterocycles. The number of aryl methyl sites for hydroxylation is 2. The quantitative estimate of drug-likeness (QED) is 0.355. The number of ether oxygens (including phenoxy) is 1. The van der Waals surface area contributed by atoms with E-state index in [4.69, 9.17) is 4.74 Å². The van der Waals surface area contributed by atoms with Crippen LogP contribution in [0.2, 0.25) is 0 Å². The fraction of sp³-hybridized carbons (Fsp3) is 0.115. The molecule has 1 aliphatic rings. The zero-order chi connectivity index (χ0) is 24.7. The van der Waals surface area contributed by atoms with Crippen LogP contribution < -0.4 is 10.2 Å². The van der Waals surface area contributed by atoms with Crippen molar-refractivity contribution in [2.45, 2.75) is 6.92 Å². The first-order chi connectivity index (χ1) is 16.8. The van der Waals surface area contributed by atoms with Gasteiger partial charge in [0, 0.05) is 29.6 Å². The molecular formula is C26H20N4O5.